The van der Waals surface area contributed by atoms with E-state index in [0.29, 0.717) is 11.3 Å². The number of amides is 1. The van der Waals surface area contributed by atoms with Crippen molar-refractivity contribution in [3.63, 3.8) is 0 Å². The molecule has 0 fully saturated rings. The van der Waals surface area contributed by atoms with E-state index in [1.165, 1.54) is 30.6 Å². The molecule has 0 atom stereocenters. The van der Waals surface area contributed by atoms with Gasteiger partial charge in [0.1, 0.15) is 11.5 Å². The maximum atomic E-state index is 12.9. The maximum absolute atomic E-state index is 12.9. The van der Waals surface area contributed by atoms with E-state index in [0.717, 1.165) is 12.5 Å². The van der Waals surface area contributed by atoms with Crippen LogP contribution in [0.4, 0.5) is 23.7 Å². The van der Waals surface area contributed by atoms with Crippen LogP contribution in [0.5, 0.6) is 11.5 Å². The molecule has 0 radical (unpaired) electrons. The maximum Gasteiger partial charge on any atom is 0.573 e. The van der Waals surface area contributed by atoms with E-state index >= 15 is 0 Å². The van der Waals surface area contributed by atoms with Crippen LogP contribution >= 0.6 is 0 Å². The topological polar surface area (TPSA) is 99.4 Å². The Balaban J connectivity index is 1.66. The van der Waals surface area contributed by atoms with Crippen molar-refractivity contribution in [1.29, 1.82) is 0 Å². The van der Waals surface area contributed by atoms with Gasteiger partial charge in [-0.05, 0) is 36.4 Å². The first-order valence-corrected chi connectivity index (χ1v) is 9.03. The highest BCUT2D eigenvalue weighted by Crippen LogP contribution is 2.37. The summed E-state index contributed by atoms with van der Waals surface area (Å²) >= 11 is 0. The average molecular weight is 442 g/mol. The highest BCUT2D eigenvalue weighted by molar-refractivity contribution is 5.86. The van der Waals surface area contributed by atoms with Crippen LogP contribution in [-0.2, 0) is 0 Å². The van der Waals surface area contributed by atoms with Crippen LogP contribution in [0, 0.1) is 0 Å². The fourth-order valence-electron chi connectivity index (χ4n) is 2.79. The number of rotatable bonds is 5. The fourth-order valence-corrected chi connectivity index (χ4v) is 2.79. The second kappa shape index (κ2) is 8.76. The van der Waals surface area contributed by atoms with Crippen LogP contribution in [0.3, 0.4) is 0 Å². The molecular formula is C21H13F3N4O4. The molecule has 0 aliphatic carbocycles. The number of hydrogen-bond donors (Lipinski definition) is 1. The molecule has 4 rings (SSSR count). The molecule has 4 aromatic rings. The molecule has 2 heterocycles. The molecule has 0 saturated carbocycles. The molecule has 0 saturated heterocycles. The Bertz CT molecular complexity index is 1220. The zero-order valence-corrected chi connectivity index (χ0v) is 16.0. The third-order valence-electron chi connectivity index (χ3n) is 4.06. The van der Waals surface area contributed by atoms with E-state index in [4.69, 9.17) is 9.15 Å². The van der Waals surface area contributed by atoms with E-state index in [1.807, 2.05) is 0 Å². The Morgan fingerprint density at radius 2 is 1.78 bits per heavy atom. The number of aromatic nitrogens is 3. The van der Waals surface area contributed by atoms with Crippen molar-refractivity contribution in [3.05, 3.63) is 73.4 Å². The first kappa shape index (κ1) is 20.8. The number of benzene rings is 2. The van der Waals surface area contributed by atoms with E-state index in [1.54, 1.807) is 30.3 Å². The normalized spacial score (nSPS) is 11.1. The van der Waals surface area contributed by atoms with Crippen molar-refractivity contribution in [2.24, 2.45) is 0 Å². The summed E-state index contributed by atoms with van der Waals surface area (Å²) in [5, 5.41) is 9.84. The Morgan fingerprint density at radius 1 is 1.00 bits per heavy atom. The Kier molecular flexibility index (Phi) is 5.71. The van der Waals surface area contributed by atoms with Gasteiger partial charge >= 0.3 is 12.5 Å². The fraction of sp³-hybridized carbons (Fsp3) is 0.0476. The minimum absolute atomic E-state index is 0.00820. The smallest absolute Gasteiger partial charge is 0.423 e. The number of nitrogens with one attached hydrogen (secondary N) is 1. The molecule has 11 heteroatoms. The van der Waals surface area contributed by atoms with Crippen molar-refractivity contribution >= 4 is 11.8 Å². The van der Waals surface area contributed by atoms with E-state index in [2.05, 4.69) is 25.2 Å². The lowest BCUT2D eigenvalue weighted by molar-refractivity contribution is -0.274. The summed E-state index contributed by atoms with van der Waals surface area (Å²) in [5.41, 5.74) is 1.10. The molecule has 2 aromatic heterocycles. The molecule has 0 bridgehead atoms. The Morgan fingerprint density at radius 3 is 2.50 bits per heavy atom. The van der Waals surface area contributed by atoms with Gasteiger partial charge in [0.05, 0.1) is 5.56 Å². The molecule has 0 spiro atoms. The summed E-state index contributed by atoms with van der Waals surface area (Å²) in [5.74, 6) is -0.378. The third-order valence-corrected chi connectivity index (χ3v) is 4.06. The van der Waals surface area contributed by atoms with Crippen LogP contribution in [0.2, 0.25) is 0 Å². The average Bonchev–Trinajstić information content (AvgIpc) is 3.30. The molecular weight excluding hydrogens is 429 g/mol. The zero-order valence-electron chi connectivity index (χ0n) is 16.0. The SMILES string of the molecule is O=C(Nc1ccccc1)Oc1ccc(OC(F)(F)F)c(-c2cncc(-c3nnco3)c2)c1. The molecule has 1 N–H and O–H groups in total. The number of carbonyl (C=O) groups excluding carboxylic acids is 1. The minimum Gasteiger partial charge on any atom is -0.423 e. The number of halogens is 3. The number of hydrogen-bond acceptors (Lipinski definition) is 7. The van der Waals surface area contributed by atoms with E-state index < -0.39 is 18.2 Å². The number of para-hydroxylation sites is 1. The second-order valence-electron chi connectivity index (χ2n) is 6.29. The number of carbonyl (C=O) groups is 1. The quantitative estimate of drug-likeness (QED) is 0.447. The third kappa shape index (κ3) is 5.19. The largest absolute Gasteiger partial charge is 0.573 e. The molecule has 8 nitrogen and oxygen atoms in total. The second-order valence-corrected chi connectivity index (χ2v) is 6.29. The van der Waals surface area contributed by atoms with Crippen molar-refractivity contribution in [1.82, 2.24) is 15.2 Å². The lowest BCUT2D eigenvalue weighted by Crippen LogP contribution is -2.18. The van der Waals surface area contributed by atoms with Gasteiger partial charge in [0.25, 0.3) is 0 Å². The Hall–Kier alpha value is -4.41. The first-order valence-electron chi connectivity index (χ1n) is 9.03. The lowest BCUT2D eigenvalue weighted by atomic mass is 10.0. The molecule has 1 amide bonds. The number of anilines is 1. The predicted molar refractivity (Wildman–Crippen MR) is 106 cm³/mol. The minimum atomic E-state index is -4.93. The molecule has 162 valence electrons. The summed E-state index contributed by atoms with van der Waals surface area (Å²) in [7, 11) is 0. The monoisotopic (exact) mass is 442 g/mol. The summed E-state index contributed by atoms with van der Waals surface area (Å²) in [6.45, 7) is 0. The van der Waals surface area contributed by atoms with Gasteiger partial charge in [-0.1, -0.05) is 18.2 Å². The van der Waals surface area contributed by atoms with Crippen molar-refractivity contribution in [3.8, 4) is 34.1 Å². The lowest BCUT2D eigenvalue weighted by Gasteiger charge is -2.15. The van der Waals surface area contributed by atoms with Gasteiger partial charge in [-0.3, -0.25) is 10.3 Å². The van der Waals surface area contributed by atoms with Crippen LogP contribution in [0.25, 0.3) is 22.6 Å². The van der Waals surface area contributed by atoms with Gasteiger partial charge in [0, 0.05) is 29.2 Å². The van der Waals surface area contributed by atoms with Crippen molar-refractivity contribution < 1.29 is 31.9 Å². The van der Waals surface area contributed by atoms with Crippen LogP contribution in [-0.4, -0.2) is 27.6 Å². The molecule has 0 unspecified atom stereocenters. The number of alkyl halides is 3. The van der Waals surface area contributed by atoms with Gasteiger partial charge in [0.2, 0.25) is 12.3 Å². The van der Waals surface area contributed by atoms with Crippen molar-refractivity contribution in [2.45, 2.75) is 6.36 Å². The van der Waals surface area contributed by atoms with Crippen LogP contribution < -0.4 is 14.8 Å². The van der Waals surface area contributed by atoms with Gasteiger partial charge in [-0.15, -0.1) is 23.4 Å². The first-order chi connectivity index (χ1) is 15.4. The molecule has 32 heavy (non-hydrogen) atoms. The van der Waals surface area contributed by atoms with Crippen LogP contribution in [0.15, 0.2) is 77.8 Å². The van der Waals surface area contributed by atoms with Crippen molar-refractivity contribution in [2.75, 3.05) is 5.32 Å². The molecule has 0 aliphatic rings. The summed E-state index contributed by atoms with van der Waals surface area (Å²) in [4.78, 5) is 16.2. The molecule has 0 aliphatic heterocycles. The van der Waals surface area contributed by atoms with Gasteiger partial charge < -0.3 is 13.9 Å². The highest BCUT2D eigenvalue weighted by atomic mass is 19.4. The van der Waals surface area contributed by atoms with Crippen LogP contribution in [0.1, 0.15) is 0 Å². The van der Waals surface area contributed by atoms with E-state index in [-0.39, 0.29) is 22.8 Å². The van der Waals surface area contributed by atoms with Gasteiger partial charge in [0.15, 0.2) is 0 Å². The van der Waals surface area contributed by atoms with Gasteiger partial charge in [-0.25, -0.2) is 4.79 Å². The summed E-state index contributed by atoms with van der Waals surface area (Å²) in [6, 6.07) is 13.5. The predicted octanol–water partition coefficient (Wildman–Crippen LogP) is 5.31. The Labute approximate surface area is 178 Å². The zero-order chi connectivity index (χ0) is 22.6. The summed E-state index contributed by atoms with van der Waals surface area (Å²) < 4.78 is 53.2. The number of ether oxygens (including phenoxy) is 2. The highest BCUT2D eigenvalue weighted by Gasteiger charge is 2.32. The molecule has 2 aromatic carbocycles. The number of pyridine rings is 1. The number of nitrogens with zero attached hydrogens (tertiary/aromatic N) is 3. The summed E-state index contributed by atoms with van der Waals surface area (Å²) in [6.07, 6.45) is -1.90. The van der Waals surface area contributed by atoms with Gasteiger partial charge in [-0.2, -0.15) is 0 Å². The van der Waals surface area contributed by atoms with E-state index in [9.17, 15) is 18.0 Å². The standard InChI is InChI=1S/C21H13F3N4O4/c22-21(23,24)32-18-7-6-16(31-20(29)27-15-4-2-1-3-5-15)9-17(18)13-8-14(11-25-10-13)19-28-26-12-30-19/h1-12H,(H,27,29).